The van der Waals surface area contributed by atoms with Gasteiger partial charge in [0.2, 0.25) is 0 Å². The van der Waals surface area contributed by atoms with Crippen LogP contribution in [0.15, 0.2) is 72.8 Å². The van der Waals surface area contributed by atoms with Crippen LogP contribution in [0.5, 0.6) is 0 Å². The first-order chi connectivity index (χ1) is 11.6. The molecular weight excluding hydrogens is 347 g/mol. The molecule has 25 heavy (non-hydrogen) atoms. The van der Waals surface area contributed by atoms with Crippen molar-refractivity contribution >= 4 is 36.5 Å². The van der Waals surface area contributed by atoms with Crippen molar-refractivity contribution in [2.75, 3.05) is 0 Å². The van der Waals surface area contributed by atoms with E-state index in [1.165, 1.54) is 5.56 Å². The van der Waals surface area contributed by atoms with Crippen molar-refractivity contribution < 1.29 is 4.79 Å². The Morgan fingerprint density at radius 3 is 1.52 bits per heavy atom. The number of hydrogen-bond donors (Lipinski definition) is 0. The zero-order chi connectivity index (χ0) is 17.1. The van der Waals surface area contributed by atoms with Crippen molar-refractivity contribution in [1.82, 2.24) is 0 Å². The summed E-state index contributed by atoms with van der Waals surface area (Å²) < 4.78 is 0. The van der Waals surface area contributed by atoms with Gasteiger partial charge in [-0.25, -0.2) is 0 Å². The van der Waals surface area contributed by atoms with Crippen molar-refractivity contribution in [2.24, 2.45) is 0 Å². The summed E-state index contributed by atoms with van der Waals surface area (Å²) in [7, 11) is -1.07. The summed E-state index contributed by atoms with van der Waals surface area (Å²) in [5.74, 6) is 0. The van der Waals surface area contributed by atoms with Crippen molar-refractivity contribution in [3.05, 3.63) is 95.1 Å². The molecule has 3 rings (SSSR count). The second-order valence-corrected chi connectivity index (χ2v) is 8.20. The molecule has 0 saturated carbocycles. The van der Waals surface area contributed by atoms with E-state index >= 15 is 0 Å². The number of carbonyl (C=O) groups is 1. The van der Waals surface area contributed by atoms with Gasteiger partial charge in [-0.3, -0.25) is 4.79 Å². The highest BCUT2D eigenvalue weighted by Crippen LogP contribution is 2.39. The molecular formula is C22H22ClOP. The zero-order valence-electron chi connectivity index (χ0n) is 14.7. The highest BCUT2D eigenvalue weighted by molar-refractivity contribution is 7.88. The average molecular weight is 369 g/mol. The van der Waals surface area contributed by atoms with Crippen molar-refractivity contribution in [3.8, 4) is 0 Å². The molecule has 0 bridgehead atoms. The van der Waals surface area contributed by atoms with Gasteiger partial charge in [0.25, 0.3) is 0 Å². The summed E-state index contributed by atoms with van der Waals surface area (Å²) in [6, 6.07) is 24.5. The molecule has 0 amide bonds. The Morgan fingerprint density at radius 2 is 1.12 bits per heavy atom. The van der Waals surface area contributed by atoms with Crippen molar-refractivity contribution in [1.29, 1.82) is 0 Å². The lowest BCUT2D eigenvalue weighted by Gasteiger charge is -2.20. The average Bonchev–Trinajstić information content (AvgIpc) is 2.56. The molecule has 0 aliphatic carbocycles. The fraction of sp³-hybridized carbons (Fsp3) is 0.136. The largest absolute Gasteiger partial charge is 0.288 e. The van der Waals surface area contributed by atoms with Crippen LogP contribution in [0, 0.1) is 20.8 Å². The van der Waals surface area contributed by atoms with Gasteiger partial charge in [-0.2, -0.15) is 0 Å². The summed E-state index contributed by atoms with van der Waals surface area (Å²) in [5.41, 5.74) is 4.44. The Kier molecular flexibility index (Phi) is 6.53. The molecule has 0 spiro atoms. The molecule has 128 valence electrons. The number of carbonyl (C=O) groups excluding carboxylic acids is 1. The van der Waals surface area contributed by atoms with Gasteiger partial charge in [0, 0.05) is 13.5 Å². The molecule has 3 heteroatoms. The van der Waals surface area contributed by atoms with Crippen LogP contribution in [-0.2, 0) is 0 Å². The van der Waals surface area contributed by atoms with Crippen LogP contribution in [0.4, 0.5) is 0 Å². The van der Waals surface area contributed by atoms with Gasteiger partial charge in [-0.15, -0.1) is 12.4 Å². The number of hydrogen-bond acceptors (Lipinski definition) is 1. The quantitative estimate of drug-likeness (QED) is 0.570. The van der Waals surface area contributed by atoms with Crippen molar-refractivity contribution in [2.45, 2.75) is 20.8 Å². The van der Waals surface area contributed by atoms with Crippen LogP contribution in [0.3, 0.4) is 0 Å². The lowest BCUT2D eigenvalue weighted by Crippen LogP contribution is -2.19. The Labute approximate surface area is 157 Å². The molecule has 0 aliphatic heterocycles. The predicted molar refractivity (Wildman–Crippen MR) is 111 cm³/mol. The summed E-state index contributed by atoms with van der Waals surface area (Å²) >= 11 is 0. The second kappa shape index (κ2) is 8.43. The van der Waals surface area contributed by atoms with E-state index in [1.807, 2.05) is 50.2 Å². The Hall–Kier alpha value is -1.95. The monoisotopic (exact) mass is 368 g/mol. The van der Waals surface area contributed by atoms with Crippen molar-refractivity contribution in [3.63, 3.8) is 0 Å². The minimum absolute atomic E-state index is 0. The molecule has 1 nitrogen and oxygen atoms in total. The van der Waals surface area contributed by atoms with E-state index < -0.39 is 7.92 Å². The zero-order valence-corrected chi connectivity index (χ0v) is 16.4. The third kappa shape index (κ3) is 4.18. The molecule has 3 aromatic rings. The fourth-order valence-corrected chi connectivity index (χ4v) is 5.45. The first kappa shape index (κ1) is 19.4. The SMILES string of the molecule is Cc1cc(C)c(C(=O)P(c2ccccc2)c2ccccc2)c(C)c1.Cl. The minimum atomic E-state index is -1.07. The number of aryl methyl sites for hydroxylation is 3. The Morgan fingerprint density at radius 1 is 0.720 bits per heavy atom. The third-order valence-corrected chi connectivity index (χ3v) is 6.38. The topological polar surface area (TPSA) is 17.1 Å². The molecule has 3 aromatic carbocycles. The van der Waals surface area contributed by atoms with E-state index in [9.17, 15) is 4.79 Å². The normalized spacial score (nSPS) is 10.4. The lowest BCUT2D eigenvalue weighted by molar-refractivity contribution is 0.108. The Bertz CT molecular complexity index is 797. The van der Waals surface area contributed by atoms with Crippen LogP contribution in [0.25, 0.3) is 0 Å². The Balaban J connectivity index is 0.00000225. The maximum Gasteiger partial charge on any atom is 0.193 e. The summed E-state index contributed by atoms with van der Waals surface area (Å²) in [6.07, 6.45) is 0. The highest BCUT2D eigenvalue weighted by atomic mass is 35.5. The molecule has 0 saturated heterocycles. The predicted octanol–water partition coefficient (Wildman–Crippen LogP) is 5.31. The van der Waals surface area contributed by atoms with Gasteiger partial charge in [-0.1, -0.05) is 78.4 Å². The maximum absolute atomic E-state index is 13.5. The molecule has 0 N–H and O–H groups in total. The van der Waals surface area contributed by atoms with Gasteiger partial charge in [0.05, 0.1) is 0 Å². The van der Waals surface area contributed by atoms with Crippen LogP contribution in [0.2, 0.25) is 0 Å². The summed E-state index contributed by atoms with van der Waals surface area (Å²) in [6.45, 7) is 6.15. The smallest absolute Gasteiger partial charge is 0.193 e. The van der Waals surface area contributed by atoms with Gasteiger partial charge in [0.15, 0.2) is 5.52 Å². The van der Waals surface area contributed by atoms with Gasteiger partial charge in [0.1, 0.15) is 0 Å². The molecule has 0 fully saturated rings. The fourth-order valence-electron chi connectivity index (χ4n) is 3.17. The summed E-state index contributed by atoms with van der Waals surface area (Å²) in [5, 5.41) is 2.20. The number of halogens is 1. The van der Waals surface area contributed by atoms with Crippen LogP contribution >= 0.6 is 20.3 Å². The lowest BCUT2D eigenvalue weighted by atomic mass is 10.0. The first-order valence-corrected chi connectivity index (χ1v) is 9.44. The van der Waals surface area contributed by atoms with Crippen LogP contribution in [0.1, 0.15) is 27.0 Å². The van der Waals surface area contributed by atoms with Crippen LogP contribution in [-0.4, -0.2) is 5.52 Å². The minimum Gasteiger partial charge on any atom is -0.288 e. The number of rotatable bonds is 4. The van der Waals surface area contributed by atoms with E-state index in [0.717, 1.165) is 27.3 Å². The second-order valence-electron chi connectivity index (χ2n) is 6.09. The summed E-state index contributed by atoms with van der Waals surface area (Å²) in [4.78, 5) is 13.5. The molecule has 0 radical (unpaired) electrons. The van der Waals surface area contributed by atoms with Gasteiger partial charge >= 0.3 is 0 Å². The van der Waals surface area contributed by atoms with Gasteiger partial charge < -0.3 is 0 Å². The molecule has 0 atom stereocenters. The van der Waals surface area contributed by atoms with E-state index in [2.05, 4.69) is 43.3 Å². The number of benzene rings is 3. The van der Waals surface area contributed by atoms with E-state index in [0.29, 0.717) is 0 Å². The van der Waals surface area contributed by atoms with Gasteiger partial charge in [-0.05, 0) is 42.5 Å². The third-order valence-electron chi connectivity index (χ3n) is 4.12. The van der Waals surface area contributed by atoms with E-state index in [-0.39, 0.29) is 17.9 Å². The van der Waals surface area contributed by atoms with E-state index in [4.69, 9.17) is 0 Å². The molecule has 0 heterocycles. The maximum atomic E-state index is 13.5. The molecule has 0 aliphatic rings. The highest BCUT2D eigenvalue weighted by Gasteiger charge is 2.26. The first-order valence-electron chi connectivity index (χ1n) is 8.10. The standard InChI is InChI=1S/C22H21OP.ClH/c1-16-14-17(2)21(18(3)15-16)22(23)24(19-10-6-4-7-11-19)20-12-8-5-9-13-20;/h4-15H,1-3H3;1H. The molecule has 0 unspecified atom stereocenters. The van der Waals surface area contributed by atoms with E-state index in [1.54, 1.807) is 0 Å². The molecule has 0 aromatic heterocycles. The van der Waals surface area contributed by atoms with Crippen LogP contribution < -0.4 is 10.6 Å².